The average molecular weight is 277 g/mol. The standard InChI is InChI=1S/C16H24FN3/c1-19-14-3-4-15(19)11-20(9-7-14)16-5-2-13(17)10-12(16)6-8-18/h2,5,10,14-15H,3-4,6-9,11,18H2,1H3. The summed E-state index contributed by atoms with van der Waals surface area (Å²) in [5, 5.41) is 0. The minimum atomic E-state index is -0.161. The number of hydrogen-bond donors (Lipinski definition) is 1. The van der Waals surface area contributed by atoms with Crippen LogP contribution in [0.3, 0.4) is 0 Å². The Hall–Kier alpha value is -1.13. The van der Waals surface area contributed by atoms with Crippen LogP contribution in [0.25, 0.3) is 0 Å². The molecule has 2 fully saturated rings. The molecule has 3 rings (SSSR count). The Bertz CT molecular complexity index is 477. The van der Waals surface area contributed by atoms with Crippen LogP contribution in [0.4, 0.5) is 10.1 Å². The van der Waals surface area contributed by atoms with Crippen molar-refractivity contribution in [2.75, 3.05) is 31.6 Å². The second kappa shape index (κ2) is 5.70. The van der Waals surface area contributed by atoms with Crippen LogP contribution >= 0.6 is 0 Å². The van der Waals surface area contributed by atoms with E-state index in [1.807, 2.05) is 6.07 Å². The fourth-order valence-electron chi connectivity index (χ4n) is 3.75. The number of anilines is 1. The monoisotopic (exact) mass is 277 g/mol. The highest BCUT2D eigenvalue weighted by atomic mass is 19.1. The van der Waals surface area contributed by atoms with Crippen molar-refractivity contribution >= 4 is 5.69 Å². The van der Waals surface area contributed by atoms with E-state index in [0.29, 0.717) is 12.6 Å². The van der Waals surface area contributed by atoms with Gasteiger partial charge in [0.25, 0.3) is 0 Å². The van der Waals surface area contributed by atoms with Crippen LogP contribution in [0, 0.1) is 5.82 Å². The number of fused-ring (bicyclic) bond motifs is 2. The molecule has 0 amide bonds. The van der Waals surface area contributed by atoms with Crippen LogP contribution in [-0.2, 0) is 6.42 Å². The van der Waals surface area contributed by atoms with Gasteiger partial charge in [0, 0.05) is 30.9 Å². The second-order valence-corrected chi connectivity index (χ2v) is 6.10. The van der Waals surface area contributed by atoms with Crippen molar-refractivity contribution < 1.29 is 4.39 Å². The van der Waals surface area contributed by atoms with Gasteiger partial charge in [-0.3, -0.25) is 4.90 Å². The van der Waals surface area contributed by atoms with Gasteiger partial charge in [-0.25, -0.2) is 4.39 Å². The van der Waals surface area contributed by atoms with Crippen molar-refractivity contribution in [3.8, 4) is 0 Å². The summed E-state index contributed by atoms with van der Waals surface area (Å²) in [5.74, 6) is -0.161. The van der Waals surface area contributed by atoms with Gasteiger partial charge in [-0.2, -0.15) is 0 Å². The molecule has 2 aliphatic heterocycles. The van der Waals surface area contributed by atoms with Crippen LogP contribution in [-0.4, -0.2) is 43.7 Å². The fraction of sp³-hybridized carbons (Fsp3) is 0.625. The van der Waals surface area contributed by atoms with E-state index in [1.54, 1.807) is 12.1 Å². The molecule has 2 N–H and O–H groups in total. The Morgan fingerprint density at radius 2 is 2.05 bits per heavy atom. The minimum Gasteiger partial charge on any atom is -0.370 e. The predicted octanol–water partition coefficient (Wildman–Crippen LogP) is 2.00. The first-order chi connectivity index (χ1) is 9.69. The zero-order valence-electron chi connectivity index (χ0n) is 12.2. The maximum atomic E-state index is 13.5. The third kappa shape index (κ3) is 2.54. The number of likely N-dealkylation sites (N-methyl/N-ethyl adjacent to an activating group) is 1. The summed E-state index contributed by atoms with van der Waals surface area (Å²) >= 11 is 0. The summed E-state index contributed by atoms with van der Waals surface area (Å²) in [6.07, 6.45) is 4.55. The van der Waals surface area contributed by atoms with Crippen LogP contribution in [0.15, 0.2) is 18.2 Å². The summed E-state index contributed by atoms with van der Waals surface area (Å²) < 4.78 is 13.5. The maximum absolute atomic E-state index is 13.5. The quantitative estimate of drug-likeness (QED) is 0.917. The first-order valence-corrected chi connectivity index (χ1v) is 7.64. The molecule has 110 valence electrons. The predicted molar refractivity (Wildman–Crippen MR) is 80.6 cm³/mol. The molecule has 2 heterocycles. The Labute approximate surface area is 120 Å². The lowest BCUT2D eigenvalue weighted by atomic mass is 10.0. The third-order valence-corrected chi connectivity index (χ3v) is 4.94. The van der Waals surface area contributed by atoms with Crippen molar-refractivity contribution in [2.24, 2.45) is 5.73 Å². The van der Waals surface area contributed by atoms with Gasteiger partial charge in [0.1, 0.15) is 5.82 Å². The number of hydrogen-bond acceptors (Lipinski definition) is 3. The smallest absolute Gasteiger partial charge is 0.123 e. The van der Waals surface area contributed by atoms with E-state index in [0.717, 1.165) is 31.1 Å². The van der Waals surface area contributed by atoms with Crippen LogP contribution in [0.5, 0.6) is 0 Å². The molecule has 0 spiro atoms. The number of rotatable bonds is 3. The SMILES string of the molecule is CN1C2CCC1CN(c1ccc(F)cc1CCN)CC2. The topological polar surface area (TPSA) is 32.5 Å². The van der Waals surface area contributed by atoms with Crippen molar-refractivity contribution in [1.82, 2.24) is 4.90 Å². The molecule has 2 aliphatic rings. The summed E-state index contributed by atoms with van der Waals surface area (Å²) in [5.41, 5.74) is 7.90. The number of nitrogens with two attached hydrogens (primary N) is 1. The molecule has 0 radical (unpaired) electrons. The zero-order valence-corrected chi connectivity index (χ0v) is 12.2. The van der Waals surface area contributed by atoms with Gasteiger partial charge in [-0.05, 0) is 63.0 Å². The molecule has 0 saturated carbocycles. The van der Waals surface area contributed by atoms with Crippen LogP contribution < -0.4 is 10.6 Å². The largest absolute Gasteiger partial charge is 0.370 e. The first kappa shape index (κ1) is 13.8. The highest BCUT2D eigenvalue weighted by molar-refractivity contribution is 5.54. The van der Waals surface area contributed by atoms with Crippen molar-refractivity contribution in [2.45, 2.75) is 37.8 Å². The van der Waals surface area contributed by atoms with E-state index in [1.165, 1.54) is 24.9 Å². The molecule has 2 saturated heterocycles. The van der Waals surface area contributed by atoms with E-state index in [-0.39, 0.29) is 5.82 Å². The van der Waals surface area contributed by atoms with Crippen LogP contribution in [0.2, 0.25) is 0 Å². The Morgan fingerprint density at radius 1 is 1.25 bits per heavy atom. The summed E-state index contributed by atoms with van der Waals surface area (Å²) in [6, 6.07) is 6.51. The lowest BCUT2D eigenvalue weighted by Crippen LogP contribution is -2.37. The molecular formula is C16H24FN3. The van der Waals surface area contributed by atoms with Gasteiger partial charge in [0.15, 0.2) is 0 Å². The number of nitrogens with zero attached hydrogens (tertiary/aromatic N) is 2. The highest BCUT2D eigenvalue weighted by Gasteiger charge is 2.34. The molecule has 3 nitrogen and oxygen atoms in total. The maximum Gasteiger partial charge on any atom is 0.123 e. The lowest BCUT2D eigenvalue weighted by Gasteiger charge is -2.29. The molecule has 4 heteroatoms. The van der Waals surface area contributed by atoms with Gasteiger partial charge in [-0.1, -0.05) is 0 Å². The van der Waals surface area contributed by atoms with Gasteiger partial charge < -0.3 is 10.6 Å². The normalized spacial score (nSPS) is 26.9. The molecule has 0 aromatic heterocycles. The molecular weight excluding hydrogens is 253 g/mol. The molecule has 0 aliphatic carbocycles. The van der Waals surface area contributed by atoms with Crippen molar-refractivity contribution in [3.05, 3.63) is 29.6 Å². The second-order valence-electron chi connectivity index (χ2n) is 6.10. The summed E-state index contributed by atoms with van der Waals surface area (Å²) in [4.78, 5) is 4.97. The molecule has 2 unspecified atom stereocenters. The van der Waals surface area contributed by atoms with E-state index in [9.17, 15) is 4.39 Å². The average Bonchev–Trinajstić information content (AvgIpc) is 2.65. The lowest BCUT2D eigenvalue weighted by molar-refractivity contribution is 0.254. The Morgan fingerprint density at radius 3 is 2.85 bits per heavy atom. The Balaban J connectivity index is 1.85. The zero-order chi connectivity index (χ0) is 14.1. The number of benzene rings is 1. The molecule has 1 aromatic rings. The van der Waals surface area contributed by atoms with E-state index in [2.05, 4.69) is 16.8 Å². The summed E-state index contributed by atoms with van der Waals surface area (Å²) in [7, 11) is 2.25. The van der Waals surface area contributed by atoms with Crippen molar-refractivity contribution in [3.63, 3.8) is 0 Å². The van der Waals surface area contributed by atoms with Gasteiger partial charge in [0.05, 0.1) is 0 Å². The molecule has 2 bridgehead atoms. The van der Waals surface area contributed by atoms with E-state index in [4.69, 9.17) is 5.73 Å². The highest BCUT2D eigenvalue weighted by Crippen LogP contribution is 2.32. The van der Waals surface area contributed by atoms with Crippen LogP contribution in [0.1, 0.15) is 24.8 Å². The Kier molecular flexibility index (Phi) is 3.94. The number of halogens is 1. The first-order valence-electron chi connectivity index (χ1n) is 7.64. The fourth-order valence-corrected chi connectivity index (χ4v) is 3.75. The summed E-state index contributed by atoms with van der Waals surface area (Å²) in [6.45, 7) is 2.68. The van der Waals surface area contributed by atoms with Gasteiger partial charge >= 0.3 is 0 Å². The minimum absolute atomic E-state index is 0.161. The molecule has 1 aromatic carbocycles. The third-order valence-electron chi connectivity index (χ3n) is 4.94. The molecule has 2 atom stereocenters. The van der Waals surface area contributed by atoms with E-state index >= 15 is 0 Å². The molecule has 20 heavy (non-hydrogen) atoms. The van der Waals surface area contributed by atoms with E-state index < -0.39 is 0 Å². The van der Waals surface area contributed by atoms with Gasteiger partial charge in [-0.15, -0.1) is 0 Å². The van der Waals surface area contributed by atoms with Crippen molar-refractivity contribution in [1.29, 1.82) is 0 Å². The van der Waals surface area contributed by atoms with Gasteiger partial charge in [0.2, 0.25) is 0 Å².